The van der Waals surface area contributed by atoms with Crippen LogP contribution in [0.5, 0.6) is 0 Å². The third kappa shape index (κ3) is 2.03. The van der Waals surface area contributed by atoms with Crippen LogP contribution in [0.3, 0.4) is 0 Å². The lowest BCUT2D eigenvalue weighted by molar-refractivity contribution is -0.122. The van der Waals surface area contributed by atoms with Gasteiger partial charge in [-0.1, -0.05) is 17.3 Å². The van der Waals surface area contributed by atoms with E-state index in [9.17, 15) is 5.21 Å². The van der Waals surface area contributed by atoms with Crippen molar-refractivity contribution in [2.75, 3.05) is 20.7 Å². The fraction of sp³-hybridized carbons (Fsp3) is 0.579. The number of allylic oxidation sites excluding steroid dienone is 3. The van der Waals surface area contributed by atoms with Crippen molar-refractivity contribution in [2.24, 2.45) is 28.3 Å². The third-order valence-corrected chi connectivity index (χ3v) is 6.85. The van der Waals surface area contributed by atoms with E-state index >= 15 is 0 Å². The van der Waals surface area contributed by atoms with Crippen LogP contribution in [0, 0.1) is 23.2 Å². The minimum absolute atomic E-state index is 0.000278. The second-order valence-electron chi connectivity index (χ2n) is 7.59. The number of hydrogen-bond acceptors (Lipinski definition) is 6. The summed E-state index contributed by atoms with van der Waals surface area (Å²) in [5.41, 5.74) is 0.655. The van der Waals surface area contributed by atoms with Crippen LogP contribution in [0.15, 0.2) is 41.0 Å². The van der Waals surface area contributed by atoms with Gasteiger partial charge in [0.2, 0.25) is 0 Å². The summed E-state index contributed by atoms with van der Waals surface area (Å²) in [6.07, 6.45) is 10.6. The summed E-state index contributed by atoms with van der Waals surface area (Å²) >= 11 is 0. The molecule has 3 fully saturated rings. The lowest BCUT2D eigenvalue weighted by Gasteiger charge is -2.59. The fourth-order valence-corrected chi connectivity index (χ4v) is 5.94. The van der Waals surface area contributed by atoms with Crippen LogP contribution in [0.4, 0.5) is 0 Å². The Morgan fingerprint density at radius 2 is 2.19 bits per heavy atom. The second kappa shape index (κ2) is 6.16. The number of hydrogen-bond donors (Lipinski definition) is 2. The van der Waals surface area contributed by atoms with Gasteiger partial charge >= 0.3 is 0 Å². The van der Waals surface area contributed by atoms with E-state index in [1.807, 2.05) is 6.08 Å². The molecule has 2 N–H and O–H groups in total. The van der Waals surface area contributed by atoms with Crippen molar-refractivity contribution in [2.45, 2.75) is 25.0 Å². The van der Waals surface area contributed by atoms with E-state index in [1.165, 1.54) is 0 Å². The van der Waals surface area contributed by atoms with E-state index in [0.717, 1.165) is 30.9 Å². The van der Waals surface area contributed by atoms with Crippen LogP contribution in [-0.4, -0.2) is 60.2 Å². The molecule has 2 aliphatic heterocycles. The SMILES string of the molecule is COC1=C2O[C@H]3C(=NO)C=C[C@H]4[C@H]5CC(C=C1)C2[C@@]34CCN5C.O=CO. The predicted octanol–water partition coefficient (Wildman–Crippen LogP) is 1.86. The number of nitrogens with zero attached hydrogens (tertiary/aromatic N) is 2. The normalized spacial score (nSPS) is 43.3. The van der Waals surface area contributed by atoms with Gasteiger partial charge < -0.3 is 24.7 Å². The average Bonchev–Trinajstić information content (AvgIpc) is 3.00. The fourth-order valence-electron chi connectivity index (χ4n) is 5.94. The van der Waals surface area contributed by atoms with Crippen molar-refractivity contribution in [1.29, 1.82) is 0 Å². The molecule has 5 rings (SSSR count). The first-order valence-electron chi connectivity index (χ1n) is 8.93. The highest BCUT2D eigenvalue weighted by Crippen LogP contribution is 2.66. The van der Waals surface area contributed by atoms with E-state index < -0.39 is 0 Å². The number of rotatable bonds is 1. The Hall–Kier alpha value is -2.28. The number of methoxy groups -OCH3 is 1. The number of oxime groups is 1. The summed E-state index contributed by atoms with van der Waals surface area (Å²) in [4.78, 5) is 10.9. The summed E-state index contributed by atoms with van der Waals surface area (Å²) in [7, 11) is 3.93. The zero-order valence-corrected chi connectivity index (χ0v) is 14.9. The Morgan fingerprint density at radius 3 is 2.88 bits per heavy atom. The van der Waals surface area contributed by atoms with E-state index in [0.29, 0.717) is 29.5 Å². The van der Waals surface area contributed by atoms with Crippen LogP contribution >= 0.6 is 0 Å². The molecule has 0 amide bonds. The minimum Gasteiger partial charge on any atom is -0.493 e. The molecule has 140 valence electrons. The number of ether oxygens (including phenoxy) is 2. The molecule has 0 aromatic heterocycles. The number of carbonyl (C=O) groups is 1. The quantitative estimate of drug-likeness (QED) is 0.421. The van der Waals surface area contributed by atoms with E-state index in [1.54, 1.807) is 7.11 Å². The van der Waals surface area contributed by atoms with Gasteiger partial charge in [-0.15, -0.1) is 0 Å². The highest BCUT2D eigenvalue weighted by Gasteiger charge is 2.69. The Labute approximate surface area is 152 Å². The van der Waals surface area contributed by atoms with Gasteiger partial charge in [0, 0.05) is 23.3 Å². The Balaban J connectivity index is 0.000000527. The van der Waals surface area contributed by atoms with Crippen LogP contribution in [0.2, 0.25) is 0 Å². The predicted molar refractivity (Wildman–Crippen MR) is 93.7 cm³/mol. The topological polar surface area (TPSA) is 91.6 Å². The molecule has 2 heterocycles. The number of likely N-dealkylation sites (tertiary alicyclic amines) is 1. The molecule has 1 saturated carbocycles. The smallest absolute Gasteiger partial charge is 0.290 e. The largest absolute Gasteiger partial charge is 0.493 e. The van der Waals surface area contributed by atoms with E-state index in [4.69, 9.17) is 19.4 Å². The van der Waals surface area contributed by atoms with Crippen LogP contribution < -0.4 is 0 Å². The zero-order valence-electron chi connectivity index (χ0n) is 14.9. The molecule has 0 radical (unpaired) electrons. The molecule has 2 saturated heterocycles. The van der Waals surface area contributed by atoms with Gasteiger partial charge in [-0.3, -0.25) is 4.79 Å². The Bertz CT molecular complexity index is 727. The first kappa shape index (κ1) is 17.1. The monoisotopic (exact) mass is 360 g/mol. The molecular weight excluding hydrogens is 336 g/mol. The van der Waals surface area contributed by atoms with Gasteiger partial charge in [0.15, 0.2) is 11.9 Å². The molecule has 26 heavy (non-hydrogen) atoms. The highest BCUT2D eigenvalue weighted by molar-refractivity contribution is 6.00. The lowest BCUT2D eigenvalue weighted by Crippen LogP contribution is -2.64. The molecule has 3 aliphatic carbocycles. The second-order valence-corrected chi connectivity index (χ2v) is 7.59. The van der Waals surface area contributed by atoms with Gasteiger partial charge in [-0.05, 0) is 44.5 Å². The van der Waals surface area contributed by atoms with E-state index in [-0.39, 0.29) is 18.0 Å². The summed E-state index contributed by atoms with van der Waals surface area (Å²) in [5, 5.41) is 19.9. The summed E-state index contributed by atoms with van der Waals surface area (Å²) in [5.74, 6) is 3.07. The molecule has 6 atom stereocenters. The van der Waals surface area contributed by atoms with Gasteiger partial charge in [0.05, 0.1) is 7.11 Å². The van der Waals surface area contributed by atoms with Crippen molar-refractivity contribution in [1.82, 2.24) is 4.90 Å². The minimum atomic E-state index is -0.250. The van der Waals surface area contributed by atoms with Crippen LogP contribution in [0.25, 0.3) is 0 Å². The van der Waals surface area contributed by atoms with Gasteiger partial charge in [-0.25, -0.2) is 0 Å². The first-order chi connectivity index (χ1) is 12.6. The van der Waals surface area contributed by atoms with Gasteiger partial charge in [-0.2, -0.15) is 0 Å². The molecule has 5 aliphatic rings. The van der Waals surface area contributed by atoms with Gasteiger partial charge in [0.25, 0.3) is 6.47 Å². The standard InChI is InChI=1S/C18H22N2O3.CH2O2/c1-20-8-7-18-11-4-5-12(19-21)17(18)23-16-14(22-2)6-3-10(15(16)18)9-13(11)20;2-1-3/h3-6,10-11,13,15,17,21H,7-9H2,1-2H3;1H,(H,2,3)/t10?,11-,13+,15?,17-,18-;/m0./s1. The first-order valence-corrected chi connectivity index (χ1v) is 8.93. The maximum absolute atomic E-state index is 9.49. The van der Waals surface area contributed by atoms with Crippen molar-refractivity contribution in [3.05, 3.63) is 35.8 Å². The average molecular weight is 360 g/mol. The van der Waals surface area contributed by atoms with Gasteiger partial charge in [0.1, 0.15) is 11.5 Å². The molecule has 7 heteroatoms. The molecule has 2 bridgehead atoms. The molecule has 7 nitrogen and oxygen atoms in total. The van der Waals surface area contributed by atoms with E-state index in [2.05, 4.69) is 35.3 Å². The number of carboxylic acid groups (broad SMARTS) is 1. The number of piperidine rings is 1. The molecule has 0 aromatic rings. The van der Waals surface area contributed by atoms with Crippen LogP contribution in [-0.2, 0) is 14.3 Å². The highest BCUT2D eigenvalue weighted by atomic mass is 16.5. The summed E-state index contributed by atoms with van der Waals surface area (Å²) < 4.78 is 12.0. The zero-order chi connectivity index (χ0) is 18.5. The molecule has 1 spiro atoms. The molecule has 2 unspecified atom stereocenters. The van der Waals surface area contributed by atoms with Crippen LogP contribution in [0.1, 0.15) is 12.8 Å². The molecular formula is C19H24N2O5. The Kier molecular flexibility index (Phi) is 4.06. The third-order valence-electron chi connectivity index (χ3n) is 6.85. The maximum atomic E-state index is 9.49. The van der Waals surface area contributed by atoms with Crippen molar-refractivity contribution >= 4 is 12.2 Å². The van der Waals surface area contributed by atoms with Crippen molar-refractivity contribution < 1.29 is 24.6 Å². The Morgan fingerprint density at radius 1 is 1.42 bits per heavy atom. The summed E-state index contributed by atoms with van der Waals surface area (Å²) in [6.45, 7) is 0.816. The van der Waals surface area contributed by atoms with Crippen molar-refractivity contribution in [3.63, 3.8) is 0 Å². The van der Waals surface area contributed by atoms with Crippen molar-refractivity contribution in [3.8, 4) is 0 Å². The lowest BCUT2D eigenvalue weighted by atomic mass is 9.48. The molecule has 0 aromatic carbocycles. The summed E-state index contributed by atoms with van der Waals surface area (Å²) in [6, 6.07) is 0.528. The maximum Gasteiger partial charge on any atom is 0.290 e.